The molecule has 0 saturated heterocycles. The zero-order valence-electron chi connectivity index (χ0n) is 10.0. The van der Waals surface area contributed by atoms with E-state index < -0.39 is 11.6 Å². The van der Waals surface area contributed by atoms with E-state index in [0.717, 1.165) is 18.7 Å². The SMILES string of the molecule is CCCNCc1csc(-c2c(F)cccc2F)n1. The van der Waals surface area contributed by atoms with Crippen LogP contribution in [0.3, 0.4) is 0 Å². The molecule has 0 radical (unpaired) electrons. The Morgan fingerprint density at radius 2 is 2.00 bits per heavy atom. The van der Waals surface area contributed by atoms with Crippen molar-refractivity contribution in [2.75, 3.05) is 6.54 Å². The van der Waals surface area contributed by atoms with Gasteiger partial charge in [-0.05, 0) is 25.1 Å². The van der Waals surface area contributed by atoms with Gasteiger partial charge < -0.3 is 5.32 Å². The zero-order chi connectivity index (χ0) is 13.0. The van der Waals surface area contributed by atoms with Crippen LogP contribution in [0.5, 0.6) is 0 Å². The maximum atomic E-state index is 13.6. The third-order valence-electron chi connectivity index (χ3n) is 2.46. The van der Waals surface area contributed by atoms with Crippen molar-refractivity contribution in [1.29, 1.82) is 0 Å². The summed E-state index contributed by atoms with van der Waals surface area (Å²) in [5.74, 6) is -1.14. The minimum Gasteiger partial charge on any atom is -0.311 e. The van der Waals surface area contributed by atoms with Crippen molar-refractivity contribution in [2.24, 2.45) is 0 Å². The molecule has 1 heterocycles. The standard InChI is InChI=1S/C13H14F2N2S/c1-2-6-16-7-9-8-18-13(17-9)12-10(14)4-3-5-11(12)15/h3-5,8,16H,2,6-7H2,1H3. The van der Waals surface area contributed by atoms with Gasteiger partial charge in [0.05, 0.1) is 11.3 Å². The van der Waals surface area contributed by atoms with Crippen molar-refractivity contribution in [1.82, 2.24) is 10.3 Å². The van der Waals surface area contributed by atoms with Crippen LogP contribution in [0.4, 0.5) is 8.78 Å². The van der Waals surface area contributed by atoms with Crippen molar-refractivity contribution in [3.8, 4) is 10.6 Å². The number of hydrogen-bond donors (Lipinski definition) is 1. The van der Waals surface area contributed by atoms with Crippen LogP contribution in [-0.2, 0) is 6.54 Å². The predicted molar refractivity (Wildman–Crippen MR) is 69.5 cm³/mol. The molecule has 0 aliphatic rings. The van der Waals surface area contributed by atoms with E-state index in [2.05, 4.69) is 17.2 Å². The molecule has 2 nitrogen and oxygen atoms in total. The summed E-state index contributed by atoms with van der Waals surface area (Å²) in [5, 5.41) is 5.41. The summed E-state index contributed by atoms with van der Waals surface area (Å²) in [6.45, 7) is 3.61. The van der Waals surface area contributed by atoms with Crippen LogP contribution in [0.2, 0.25) is 0 Å². The molecule has 2 aromatic rings. The van der Waals surface area contributed by atoms with E-state index in [0.29, 0.717) is 11.6 Å². The van der Waals surface area contributed by atoms with Crippen molar-refractivity contribution < 1.29 is 8.78 Å². The van der Waals surface area contributed by atoms with Gasteiger partial charge in [0.15, 0.2) is 0 Å². The van der Waals surface area contributed by atoms with Crippen LogP contribution >= 0.6 is 11.3 Å². The highest BCUT2D eigenvalue weighted by Crippen LogP contribution is 2.28. The van der Waals surface area contributed by atoms with E-state index >= 15 is 0 Å². The van der Waals surface area contributed by atoms with E-state index in [4.69, 9.17) is 0 Å². The third kappa shape index (κ3) is 2.91. The van der Waals surface area contributed by atoms with E-state index in [1.165, 1.54) is 29.5 Å². The molecule has 0 spiro atoms. The predicted octanol–water partition coefficient (Wildman–Crippen LogP) is 3.59. The Morgan fingerprint density at radius 3 is 2.67 bits per heavy atom. The molecule has 0 amide bonds. The van der Waals surface area contributed by atoms with E-state index in [9.17, 15) is 8.78 Å². The highest BCUT2D eigenvalue weighted by Gasteiger charge is 2.14. The van der Waals surface area contributed by atoms with Crippen LogP contribution in [0, 0.1) is 11.6 Å². The van der Waals surface area contributed by atoms with Crippen molar-refractivity contribution in [2.45, 2.75) is 19.9 Å². The molecule has 2 rings (SSSR count). The molecule has 18 heavy (non-hydrogen) atoms. The van der Waals surface area contributed by atoms with Crippen molar-refractivity contribution in [3.05, 3.63) is 40.9 Å². The molecule has 0 fully saturated rings. The van der Waals surface area contributed by atoms with Crippen LogP contribution in [0.1, 0.15) is 19.0 Å². The normalized spacial score (nSPS) is 10.8. The van der Waals surface area contributed by atoms with Crippen molar-refractivity contribution in [3.63, 3.8) is 0 Å². The van der Waals surface area contributed by atoms with Gasteiger partial charge in [0.2, 0.25) is 0 Å². The van der Waals surface area contributed by atoms with Crippen LogP contribution in [-0.4, -0.2) is 11.5 Å². The lowest BCUT2D eigenvalue weighted by molar-refractivity contribution is 0.589. The van der Waals surface area contributed by atoms with Crippen molar-refractivity contribution >= 4 is 11.3 Å². The summed E-state index contributed by atoms with van der Waals surface area (Å²) in [4.78, 5) is 4.25. The summed E-state index contributed by atoms with van der Waals surface area (Å²) in [6, 6.07) is 3.84. The first kappa shape index (κ1) is 13.1. The van der Waals surface area contributed by atoms with Crippen LogP contribution in [0.25, 0.3) is 10.6 Å². The van der Waals surface area contributed by atoms with Gasteiger partial charge in [-0.3, -0.25) is 0 Å². The molecule has 1 N–H and O–H groups in total. The van der Waals surface area contributed by atoms with Gasteiger partial charge in [-0.15, -0.1) is 11.3 Å². The number of nitrogens with one attached hydrogen (secondary N) is 1. The number of benzene rings is 1. The molecule has 5 heteroatoms. The summed E-state index contributed by atoms with van der Waals surface area (Å²) in [6.07, 6.45) is 1.04. The largest absolute Gasteiger partial charge is 0.311 e. The second-order valence-corrected chi connectivity index (χ2v) is 4.78. The molecule has 0 unspecified atom stereocenters. The molecule has 0 aliphatic carbocycles. The number of rotatable bonds is 5. The molecule has 0 atom stereocenters. The van der Waals surface area contributed by atoms with Gasteiger partial charge in [0.1, 0.15) is 16.6 Å². The third-order valence-corrected chi connectivity index (χ3v) is 3.37. The monoisotopic (exact) mass is 268 g/mol. The van der Waals surface area contributed by atoms with E-state index in [-0.39, 0.29) is 5.56 Å². The number of thiazole rings is 1. The number of halogens is 2. The fraction of sp³-hybridized carbons (Fsp3) is 0.308. The second kappa shape index (κ2) is 6.02. The first-order valence-corrected chi connectivity index (χ1v) is 6.70. The Morgan fingerprint density at radius 1 is 1.28 bits per heavy atom. The Hall–Kier alpha value is -1.33. The smallest absolute Gasteiger partial charge is 0.136 e. The molecule has 96 valence electrons. The fourth-order valence-corrected chi connectivity index (χ4v) is 2.46. The van der Waals surface area contributed by atoms with Crippen LogP contribution < -0.4 is 5.32 Å². The maximum absolute atomic E-state index is 13.6. The summed E-state index contributed by atoms with van der Waals surface area (Å²) >= 11 is 1.26. The van der Waals surface area contributed by atoms with Gasteiger partial charge in [0, 0.05) is 11.9 Å². The van der Waals surface area contributed by atoms with Gasteiger partial charge in [-0.1, -0.05) is 13.0 Å². The number of nitrogens with zero attached hydrogens (tertiary/aromatic N) is 1. The quantitative estimate of drug-likeness (QED) is 0.838. The Labute approximate surface area is 109 Å². The van der Waals surface area contributed by atoms with Gasteiger partial charge in [-0.2, -0.15) is 0 Å². The highest BCUT2D eigenvalue weighted by molar-refractivity contribution is 7.13. The average molecular weight is 268 g/mol. The maximum Gasteiger partial charge on any atom is 0.136 e. The molecule has 1 aromatic carbocycles. The lowest BCUT2D eigenvalue weighted by Crippen LogP contribution is -2.13. The topological polar surface area (TPSA) is 24.9 Å². The number of aromatic nitrogens is 1. The van der Waals surface area contributed by atoms with Gasteiger partial charge >= 0.3 is 0 Å². The lowest BCUT2D eigenvalue weighted by Gasteiger charge is -2.01. The molecular formula is C13H14F2N2S. The number of hydrogen-bond acceptors (Lipinski definition) is 3. The summed E-state index contributed by atoms with van der Waals surface area (Å²) in [5.41, 5.74) is 0.773. The molecule has 0 aliphatic heterocycles. The average Bonchev–Trinajstić information content (AvgIpc) is 2.78. The van der Waals surface area contributed by atoms with E-state index in [1.807, 2.05) is 5.38 Å². The van der Waals surface area contributed by atoms with E-state index in [1.54, 1.807) is 0 Å². The first-order chi connectivity index (χ1) is 8.72. The van der Waals surface area contributed by atoms with Gasteiger partial charge in [-0.25, -0.2) is 13.8 Å². The first-order valence-electron chi connectivity index (χ1n) is 5.82. The second-order valence-electron chi connectivity index (χ2n) is 3.92. The highest BCUT2D eigenvalue weighted by atomic mass is 32.1. The molecule has 1 aromatic heterocycles. The summed E-state index contributed by atoms with van der Waals surface area (Å²) in [7, 11) is 0. The minimum atomic E-state index is -0.572. The lowest BCUT2D eigenvalue weighted by atomic mass is 10.2. The zero-order valence-corrected chi connectivity index (χ0v) is 10.9. The Balaban J connectivity index is 2.19. The molecular weight excluding hydrogens is 254 g/mol. The minimum absolute atomic E-state index is 0.0377. The van der Waals surface area contributed by atoms with Crippen LogP contribution in [0.15, 0.2) is 23.6 Å². The molecule has 0 bridgehead atoms. The fourth-order valence-electron chi connectivity index (χ4n) is 1.60. The molecule has 0 saturated carbocycles. The Bertz CT molecular complexity index is 505. The summed E-state index contributed by atoms with van der Waals surface area (Å²) < 4.78 is 27.1. The van der Waals surface area contributed by atoms with Gasteiger partial charge in [0.25, 0.3) is 0 Å². The Kier molecular flexibility index (Phi) is 4.38.